The summed E-state index contributed by atoms with van der Waals surface area (Å²) in [6.07, 6.45) is 0.978. The number of hydrogen-bond donors (Lipinski definition) is 1. The van der Waals surface area contributed by atoms with Crippen molar-refractivity contribution >= 4 is 11.6 Å². The molecular formula is C10H15ClN2O. The van der Waals surface area contributed by atoms with E-state index in [0.717, 1.165) is 25.2 Å². The average molecular weight is 215 g/mol. The zero-order valence-corrected chi connectivity index (χ0v) is 9.05. The first kappa shape index (κ1) is 11.3. The number of nitrogens with one attached hydrogen (secondary N) is 1. The van der Waals surface area contributed by atoms with Gasteiger partial charge >= 0.3 is 0 Å². The minimum Gasteiger partial charge on any atom is -0.481 e. The predicted octanol–water partition coefficient (Wildman–Crippen LogP) is 1.81. The number of hydrogen-bond acceptors (Lipinski definition) is 3. The molecule has 0 aromatic carbocycles. The maximum absolute atomic E-state index is 5.56. The quantitative estimate of drug-likeness (QED) is 0.579. The molecule has 0 saturated carbocycles. The number of pyridine rings is 1. The van der Waals surface area contributed by atoms with Gasteiger partial charge in [0.05, 0.1) is 12.8 Å². The van der Waals surface area contributed by atoms with Crippen molar-refractivity contribution in [2.24, 2.45) is 0 Å². The van der Waals surface area contributed by atoms with Gasteiger partial charge in [-0.05, 0) is 19.0 Å². The van der Waals surface area contributed by atoms with Crippen LogP contribution in [0.2, 0.25) is 0 Å². The van der Waals surface area contributed by atoms with Crippen LogP contribution in [-0.2, 0) is 6.54 Å². The van der Waals surface area contributed by atoms with E-state index in [9.17, 15) is 0 Å². The van der Waals surface area contributed by atoms with Gasteiger partial charge in [0.2, 0.25) is 5.88 Å². The van der Waals surface area contributed by atoms with E-state index >= 15 is 0 Å². The first-order valence-electron chi connectivity index (χ1n) is 4.63. The summed E-state index contributed by atoms with van der Waals surface area (Å²) in [5.74, 6) is 1.35. The monoisotopic (exact) mass is 214 g/mol. The summed E-state index contributed by atoms with van der Waals surface area (Å²) in [7, 11) is 1.62. The Hall–Kier alpha value is -0.800. The van der Waals surface area contributed by atoms with Crippen molar-refractivity contribution in [3.63, 3.8) is 0 Å². The second-order valence-electron chi connectivity index (χ2n) is 2.89. The molecule has 1 aromatic rings. The Balaban J connectivity index is 2.34. The summed E-state index contributed by atoms with van der Waals surface area (Å²) >= 11 is 5.56. The molecule has 0 fully saturated rings. The molecule has 1 rings (SSSR count). The lowest BCUT2D eigenvalue weighted by molar-refractivity contribution is 0.395. The molecule has 3 nitrogen and oxygen atoms in total. The highest BCUT2D eigenvalue weighted by Gasteiger charge is 1.96. The Morgan fingerprint density at radius 2 is 2.36 bits per heavy atom. The van der Waals surface area contributed by atoms with Crippen LogP contribution in [0.3, 0.4) is 0 Å². The van der Waals surface area contributed by atoms with Crippen LogP contribution >= 0.6 is 11.6 Å². The van der Waals surface area contributed by atoms with E-state index in [2.05, 4.69) is 10.3 Å². The molecule has 0 unspecified atom stereocenters. The van der Waals surface area contributed by atoms with Gasteiger partial charge < -0.3 is 10.1 Å². The zero-order valence-electron chi connectivity index (χ0n) is 8.29. The van der Waals surface area contributed by atoms with Gasteiger partial charge in [-0.2, -0.15) is 0 Å². The largest absolute Gasteiger partial charge is 0.481 e. The minimum atomic E-state index is 0.654. The topological polar surface area (TPSA) is 34.1 Å². The lowest BCUT2D eigenvalue weighted by Crippen LogP contribution is -2.15. The maximum Gasteiger partial charge on any atom is 0.213 e. The molecule has 0 spiro atoms. The molecule has 0 radical (unpaired) electrons. The summed E-state index contributed by atoms with van der Waals surface area (Å²) in [6.45, 7) is 1.68. The van der Waals surface area contributed by atoms with Crippen LogP contribution in [-0.4, -0.2) is 24.5 Å². The van der Waals surface area contributed by atoms with Gasteiger partial charge in [-0.1, -0.05) is 6.07 Å². The molecule has 0 aliphatic rings. The molecule has 78 valence electrons. The third kappa shape index (κ3) is 3.94. The molecule has 1 heterocycles. The maximum atomic E-state index is 5.56. The molecule has 1 N–H and O–H groups in total. The van der Waals surface area contributed by atoms with Gasteiger partial charge in [0.25, 0.3) is 0 Å². The Bertz CT molecular complexity index is 268. The van der Waals surface area contributed by atoms with Crippen LogP contribution in [0.15, 0.2) is 18.2 Å². The summed E-state index contributed by atoms with van der Waals surface area (Å²) in [6, 6.07) is 5.74. The van der Waals surface area contributed by atoms with Crippen molar-refractivity contribution in [2.75, 3.05) is 19.5 Å². The van der Waals surface area contributed by atoms with Crippen molar-refractivity contribution in [1.82, 2.24) is 10.3 Å². The van der Waals surface area contributed by atoms with Gasteiger partial charge in [0, 0.05) is 18.5 Å². The van der Waals surface area contributed by atoms with Crippen LogP contribution in [0.25, 0.3) is 0 Å². The van der Waals surface area contributed by atoms with E-state index in [0.29, 0.717) is 11.8 Å². The number of rotatable bonds is 6. The molecule has 0 aliphatic carbocycles. The fourth-order valence-corrected chi connectivity index (χ4v) is 1.21. The fourth-order valence-electron chi connectivity index (χ4n) is 1.08. The van der Waals surface area contributed by atoms with Crippen LogP contribution in [0.5, 0.6) is 5.88 Å². The Morgan fingerprint density at radius 1 is 1.50 bits per heavy atom. The molecule has 0 atom stereocenters. The minimum absolute atomic E-state index is 0.654. The van der Waals surface area contributed by atoms with Crippen LogP contribution in [0, 0.1) is 0 Å². The zero-order chi connectivity index (χ0) is 10.2. The predicted molar refractivity (Wildman–Crippen MR) is 57.8 cm³/mol. The van der Waals surface area contributed by atoms with Gasteiger partial charge in [-0.15, -0.1) is 11.6 Å². The summed E-state index contributed by atoms with van der Waals surface area (Å²) in [5, 5.41) is 3.25. The smallest absolute Gasteiger partial charge is 0.213 e. The molecule has 14 heavy (non-hydrogen) atoms. The van der Waals surface area contributed by atoms with Gasteiger partial charge in [-0.3, -0.25) is 0 Å². The van der Waals surface area contributed by atoms with Crippen molar-refractivity contribution in [2.45, 2.75) is 13.0 Å². The SMILES string of the molecule is COc1cccc(CNCCCCl)n1. The fraction of sp³-hybridized carbons (Fsp3) is 0.500. The molecular weight excluding hydrogens is 200 g/mol. The highest BCUT2D eigenvalue weighted by Crippen LogP contribution is 2.05. The lowest BCUT2D eigenvalue weighted by atomic mass is 10.3. The number of nitrogens with zero attached hydrogens (tertiary/aromatic N) is 1. The number of aromatic nitrogens is 1. The van der Waals surface area contributed by atoms with Crippen molar-refractivity contribution < 1.29 is 4.74 Å². The highest BCUT2D eigenvalue weighted by molar-refractivity contribution is 6.17. The van der Waals surface area contributed by atoms with E-state index in [1.165, 1.54) is 0 Å². The Kier molecular flexibility index (Phi) is 5.33. The van der Waals surface area contributed by atoms with E-state index < -0.39 is 0 Å². The molecule has 0 saturated heterocycles. The second-order valence-corrected chi connectivity index (χ2v) is 3.27. The average Bonchev–Trinajstić information content (AvgIpc) is 2.25. The van der Waals surface area contributed by atoms with Gasteiger partial charge in [0.1, 0.15) is 0 Å². The molecule has 0 bridgehead atoms. The first-order valence-corrected chi connectivity index (χ1v) is 5.17. The third-order valence-corrected chi connectivity index (χ3v) is 2.05. The van der Waals surface area contributed by atoms with E-state index in [-0.39, 0.29) is 0 Å². The molecule has 1 aromatic heterocycles. The number of halogens is 1. The number of methoxy groups -OCH3 is 1. The van der Waals surface area contributed by atoms with Crippen LogP contribution in [0.1, 0.15) is 12.1 Å². The third-order valence-electron chi connectivity index (χ3n) is 1.78. The second kappa shape index (κ2) is 6.62. The Morgan fingerprint density at radius 3 is 3.07 bits per heavy atom. The van der Waals surface area contributed by atoms with Crippen molar-refractivity contribution in [1.29, 1.82) is 0 Å². The van der Waals surface area contributed by atoms with E-state index in [4.69, 9.17) is 16.3 Å². The van der Waals surface area contributed by atoms with Gasteiger partial charge in [0.15, 0.2) is 0 Å². The van der Waals surface area contributed by atoms with Crippen molar-refractivity contribution in [3.05, 3.63) is 23.9 Å². The van der Waals surface area contributed by atoms with Crippen molar-refractivity contribution in [3.8, 4) is 5.88 Å². The summed E-state index contributed by atoms with van der Waals surface area (Å²) < 4.78 is 5.02. The van der Waals surface area contributed by atoms with Crippen LogP contribution in [0.4, 0.5) is 0 Å². The van der Waals surface area contributed by atoms with Crippen LogP contribution < -0.4 is 10.1 Å². The summed E-state index contributed by atoms with van der Waals surface area (Å²) in [5.41, 5.74) is 0.985. The molecule has 4 heteroatoms. The van der Waals surface area contributed by atoms with E-state index in [1.54, 1.807) is 7.11 Å². The number of ether oxygens (including phenoxy) is 1. The molecule has 0 amide bonds. The van der Waals surface area contributed by atoms with E-state index in [1.807, 2.05) is 18.2 Å². The Labute approximate surface area is 89.4 Å². The lowest BCUT2D eigenvalue weighted by Gasteiger charge is -2.04. The summed E-state index contributed by atoms with van der Waals surface area (Å²) in [4.78, 5) is 4.27. The molecule has 0 aliphatic heterocycles. The first-order chi connectivity index (χ1) is 6.86. The van der Waals surface area contributed by atoms with Gasteiger partial charge in [-0.25, -0.2) is 4.98 Å². The number of alkyl halides is 1. The standard InChI is InChI=1S/C10H15ClN2O/c1-14-10-5-2-4-9(13-10)8-12-7-3-6-11/h2,4-5,12H,3,6-8H2,1H3. The normalized spacial score (nSPS) is 10.1. The highest BCUT2D eigenvalue weighted by atomic mass is 35.5.